The molecule has 0 aliphatic carbocycles. The molecule has 0 atom stereocenters. The topological polar surface area (TPSA) is 67.2 Å². The van der Waals surface area contributed by atoms with E-state index in [1.165, 1.54) is 0 Å². The summed E-state index contributed by atoms with van der Waals surface area (Å²) < 4.78 is 4.85. The summed E-state index contributed by atoms with van der Waals surface area (Å²) in [4.78, 5) is 10.9. The van der Waals surface area contributed by atoms with Gasteiger partial charge in [0.05, 0.1) is 0 Å². The van der Waals surface area contributed by atoms with Crippen molar-refractivity contribution in [2.24, 2.45) is 0 Å². The molecule has 0 fully saturated rings. The molecule has 5 nitrogen and oxygen atoms in total. The van der Waals surface area contributed by atoms with Crippen molar-refractivity contribution in [2.45, 2.75) is 13.8 Å². The Morgan fingerprint density at radius 2 is 2.17 bits per heavy atom. The van der Waals surface area contributed by atoms with Crippen LogP contribution >= 0.6 is 0 Å². The number of rotatable bonds is 1. The monoisotopic (exact) mass is 169 g/mol. The zero-order chi connectivity index (χ0) is 9.14. The number of anilines is 1. The molecule has 2 N–H and O–H groups in total. The van der Waals surface area contributed by atoms with Gasteiger partial charge in [0.1, 0.15) is 11.4 Å². The van der Waals surface area contributed by atoms with Crippen molar-refractivity contribution < 1.29 is 9.32 Å². The van der Waals surface area contributed by atoms with Crippen molar-refractivity contribution in [3.8, 4) is 0 Å². The van der Waals surface area contributed by atoms with Crippen LogP contribution in [0.3, 0.4) is 0 Å². The van der Waals surface area contributed by atoms with E-state index in [9.17, 15) is 4.79 Å². The zero-order valence-corrected chi connectivity index (χ0v) is 7.26. The second kappa shape index (κ2) is 3.25. The Morgan fingerprint density at radius 3 is 2.58 bits per heavy atom. The molecule has 1 heterocycles. The number of hydrogen-bond acceptors (Lipinski definition) is 3. The molecule has 1 aromatic heterocycles. The number of nitrogens with zero attached hydrogens (tertiary/aromatic N) is 1. The predicted octanol–water partition coefficient (Wildman–Crippen LogP) is 1.04. The fraction of sp³-hybridized carbons (Fsp3) is 0.429. The summed E-state index contributed by atoms with van der Waals surface area (Å²) in [5, 5.41) is 8.73. The first-order valence-corrected chi connectivity index (χ1v) is 3.56. The lowest BCUT2D eigenvalue weighted by atomic mass is 10.3. The molecule has 0 aliphatic rings. The largest absolute Gasteiger partial charge is 0.359 e. The van der Waals surface area contributed by atoms with Crippen molar-refractivity contribution in [3.63, 3.8) is 0 Å². The summed E-state index contributed by atoms with van der Waals surface area (Å²) in [7, 11) is 1.55. The Kier molecular flexibility index (Phi) is 2.32. The van der Waals surface area contributed by atoms with E-state index in [2.05, 4.69) is 15.8 Å². The normalized spacial score (nSPS) is 9.58. The van der Waals surface area contributed by atoms with E-state index < -0.39 is 0 Å². The number of amides is 2. The highest BCUT2D eigenvalue weighted by Gasteiger charge is 2.10. The first-order chi connectivity index (χ1) is 5.65. The number of nitrogens with one attached hydrogen (secondary N) is 2. The molecule has 0 saturated carbocycles. The van der Waals surface area contributed by atoms with Crippen molar-refractivity contribution in [2.75, 3.05) is 12.4 Å². The smallest absolute Gasteiger partial charge is 0.319 e. The molecule has 0 aromatic carbocycles. The van der Waals surface area contributed by atoms with E-state index in [0.717, 1.165) is 0 Å². The van der Waals surface area contributed by atoms with E-state index in [4.69, 9.17) is 4.52 Å². The highest BCUT2D eigenvalue weighted by Crippen LogP contribution is 2.17. The highest BCUT2D eigenvalue weighted by molar-refractivity contribution is 5.89. The van der Waals surface area contributed by atoms with Crippen LogP contribution in [0.5, 0.6) is 0 Å². The summed E-state index contributed by atoms with van der Waals surface area (Å²) >= 11 is 0. The fourth-order valence-electron chi connectivity index (χ4n) is 0.837. The van der Waals surface area contributed by atoms with Gasteiger partial charge in [-0.2, -0.15) is 0 Å². The lowest BCUT2D eigenvalue weighted by Crippen LogP contribution is -2.24. The summed E-state index contributed by atoms with van der Waals surface area (Å²) in [6, 6.07) is -0.274. The number of hydrogen-bond donors (Lipinski definition) is 2. The van der Waals surface area contributed by atoms with E-state index in [1.807, 2.05) is 0 Å². The average molecular weight is 169 g/mol. The van der Waals surface area contributed by atoms with E-state index in [-0.39, 0.29) is 6.03 Å². The van der Waals surface area contributed by atoms with Gasteiger partial charge in [-0.1, -0.05) is 5.16 Å². The number of carbonyl (C=O) groups excluding carboxylic acids is 1. The van der Waals surface area contributed by atoms with Gasteiger partial charge < -0.3 is 15.2 Å². The third kappa shape index (κ3) is 1.55. The predicted molar refractivity (Wildman–Crippen MR) is 44.1 cm³/mol. The molecule has 0 saturated heterocycles. The molecule has 1 rings (SSSR count). The van der Waals surface area contributed by atoms with Crippen molar-refractivity contribution >= 4 is 11.7 Å². The van der Waals surface area contributed by atoms with E-state index in [0.29, 0.717) is 17.1 Å². The van der Waals surface area contributed by atoms with E-state index >= 15 is 0 Å². The van der Waals surface area contributed by atoms with Crippen molar-refractivity contribution in [1.29, 1.82) is 0 Å². The molecule has 2 amide bonds. The molecule has 1 aromatic rings. The Morgan fingerprint density at radius 1 is 1.50 bits per heavy atom. The Labute approximate surface area is 70.1 Å². The number of aryl methyl sites for hydroxylation is 2. The van der Waals surface area contributed by atoms with Crippen LogP contribution in [0, 0.1) is 13.8 Å². The third-order valence-electron chi connectivity index (χ3n) is 1.50. The molecule has 12 heavy (non-hydrogen) atoms. The summed E-state index contributed by atoms with van der Waals surface area (Å²) in [6.45, 7) is 3.51. The molecule has 5 heteroatoms. The van der Waals surface area contributed by atoms with Crippen LogP contribution in [-0.2, 0) is 0 Å². The van der Waals surface area contributed by atoms with Gasteiger partial charge in [0.2, 0.25) is 0 Å². The van der Waals surface area contributed by atoms with Gasteiger partial charge in [-0.15, -0.1) is 0 Å². The van der Waals surface area contributed by atoms with Crippen LogP contribution in [0.25, 0.3) is 0 Å². The van der Waals surface area contributed by atoms with Crippen LogP contribution in [-0.4, -0.2) is 18.2 Å². The van der Waals surface area contributed by atoms with Gasteiger partial charge in [-0.3, -0.25) is 0 Å². The Bertz CT molecular complexity index is 273. The molecule has 0 aliphatic heterocycles. The molecular weight excluding hydrogens is 158 g/mol. The first-order valence-electron chi connectivity index (χ1n) is 3.56. The molecule has 0 bridgehead atoms. The summed E-state index contributed by atoms with van der Waals surface area (Å²) in [5.41, 5.74) is 1.31. The van der Waals surface area contributed by atoms with Crippen LogP contribution in [0.2, 0.25) is 0 Å². The minimum absolute atomic E-state index is 0.274. The highest BCUT2D eigenvalue weighted by atomic mass is 16.5. The van der Waals surface area contributed by atoms with Gasteiger partial charge in [0, 0.05) is 7.05 Å². The third-order valence-corrected chi connectivity index (χ3v) is 1.50. The quantitative estimate of drug-likeness (QED) is 0.660. The van der Waals surface area contributed by atoms with Crippen LogP contribution in [0.4, 0.5) is 10.5 Å². The molecule has 0 spiro atoms. The van der Waals surface area contributed by atoms with Crippen LogP contribution < -0.4 is 10.6 Å². The standard InChI is InChI=1S/C7H11N3O2/c1-4-6(5(2)12-10-4)9-7(11)8-3/h1-3H3,(H2,8,9,11). The number of urea groups is 1. The van der Waals surface area contributed by atoms with Gasteiger partial charge in [-0.05, 0) is 13.8 Å². The maximum absolute atomic E-state index is 10.9. The van der Waals surface area contributed by atoms with Crippen LogP contribution in [0.1, 0.15) is 11.5 Å². The second-order valence-electron chi connectivity index (χ2n) is 2.40. The number of aromatic nitrogens is 1. The van der Waals surface area contributed by atoms with Gasteiger partial charge in [0.25, 0.3) is 0 Å². The van der Waals surface area contributed by atoms with Gasteiger partial charge >= 0.3 is 6.03 Å². The molecule has 66 valence electrons. The van der Waals surface area contributed by atoms with Crippen LogP contribution in [0.15, 0.2) is 4.52 Å². The summed E-state index contributed by atoms with van der Waals surface area (Å²) in [6.07, 6.45) is 0. The molecular formula is C7H11N3O2. The van der Waals surface area contributed by atoms with Crippen molar-refractivity contribution in [3.05, 3.63) is 11.5 Å². The minimum Gasteiger partial charge on any atom is -0.359 e. The SMILES string of the molecule is CNC(=O)Nc1c(C)noc1C. The zero-order valence-electron chi connectivity index (χ0n) is 7.26. The van der Waals surface area contributed by atoms with Gasteiger partial charge in [0.15, 0.2) is 5.76 Å². The minimum atomic E-state index is -0.274. The maximum atomic E-state index is 10.9. The average Bonchev–Trinajstić information content (AvgIpc) is 2.35. The lowest BCUT2D eigenvalue weighted by molar-refractivity contribution is 0.254. The van der Waals surface area contributed by atoms with Crippen molar-refractivity contribution in [1.82, 2.24) is 10.5 Å². The molecule has 0 radical (unpaired) electrons. The summed E-state index contributed by atoms with van der Waals surface area (Å²) in [5.74, 6) is 0.608. The Balaban J connectivity index is 2.80. The second-order valence-corrected chi connectivity index (χ2v) is 2.40. The maximum Gasteiger partial charge on any atom is 0.319 e. The van der Waals surface area contributed by atoms with Gasteiger partial charge in [-0.25, -0.2) is 4.79 Å². The first kappa shape index (κ1) is 8.58. The number of carbonyl (C=O) groups is 1. The fourth-order valence-corrected chi connectivity index (χ4v) is 0.837. The Hall–Kier alpha value is -1.52. The van der Waals surface area contributed by atoms with E-state index in [1.54, 1.807) is 20.9 Å². The lowest BCUT2D eigenvalue weighted by Gasteiger charge is -2.01. The molecule has 0 unspecified atom stereocenters.